The Hall–Kier alpha value is -2.15. The standard InChI is InChI=1S/C21H30N4O3/c26-18(8-12-24-10-3-1-5-19(24)27)23-17-13-21(9-2-4-11-25(21)15-17)20(28)22-14-16-6-7-16/h1,3,5,10,16-17H,2,4,6-9,11-15H2,(H,22,28)(H,23,26)/t17-,21-/m0/s1. The first-order valence-electron chi connectivity index (χ1n) is 10.5. The van der Waals surface area contributed by atoms with E-state index in [9.17, 15) is 14.4 Å². The number of fused-ring (bicyclic) bond motifs is 1. The molecule has 4 rings (SSSR count). The minimum atomic E-state index is -0.457. The van der Waals surface area contributed by atoms with Crippen LogP contribution in [0.3, 0.4) is 0 Å². The molecule has 0 unspecified atom stereocenters. The summed E-state index contributed by atoms with van der Waals surface area (Å²) in [4.78, 5) is 39.5. The van der Waals surface area contributed by atoms with Gasteiger partial charge in [-0.3, -0.25) is 19.3 Å². The van der Waals surface area contributed by atoms with Gasteiger partial charge in [0.2, 0.25) is 11.8 Å². The van der Waals surface area contributed by atoms with E-state index in [2.05, 4.69) is 15.5 Å². The number of nitrogens with zero attached hydrogens (tertiary/aromatic N) is 2. The van der Waals surface area contributed by atoms with E-state index >= 15 is 0 Å². The topological polar surface area (TPSA) is 83.4 Å². The summed E-state index contributed by atoms with van der Waals surface area (Å²) in [5.74, 6) is 0.747. The van der Waals surface area contributed by atoms with Crippen LogP contribution >= 0.6 is 0 Å². The third-order valence-corrected chi connectivity index (χ3v) is 6.41. The zero-order valence-corrected chi connectivity index (χ0v) is 16.4. The smallest absolute Gasteiger partial charge is 0.250 e. The molecule has 28 heavy (non-hydrogen) atoms. The SMILES string of the molecule is O=C(CCn1ccccc1=O)N[C@@H]1CN2CCCC[C@@]2(C(=O)NCC2CC2)C1. The number of hydrogen-bond donors (Lipinski definition) is 2. The fraction of sp³-hybridized carbons (Fsp3) is 0.667. The van der Waals surface area contributed by atoms with Gasteiger partial charge in [0.25, 0.3) is 5.56 Å². The first-order chi connectivity index (χ1) is 13.6. The van der Waals surface area contributed by atoms with E-state index in [4.69, 9.17) is 0 Å². The molecule has 1 saturated carbocycles. The van der Waals surface area contributed by atoms with Crippen LogP contribution in [0.4, 0.5) is 0 Å². The summed E-state index contributed by atoms with van der Waals surface area (Å²) < 4.78 is 1.55. The minimum Gasteiger partial charge on any atom is -0.354 e. The summed E-state index contributed by atoms with van der Waals surface area (Å²) in [5.41, 5.74) is -0.554. The lowest BCUT2D eigenvalue weighted by molar-refractivity contribution is -0.134. The van der Waals surface area contributed by atoms with Crippen molar-refractivity contribution in [1.82, 2.24) is 20.1 Å². The molecule has 1 aromatic heterocycles. The molecule has 7 heteroatoms. The van der Waals surface area contributed by atoms with Gasteiger partial charge in [-0.15, -0.1) is 0 Å². The summed E-state index contributed by atoms with van der Waals surface area (Å²) in [6.45, 7) is 2.81. The second kappa shape index (κ2) is 8.07. The Morgan fingerprint density at radius 1 is 1.21 bits per heavy atom. The maximum atomic E-state index is 13.0. The molecule has 2 amide bonds. The van der Waals surface area contributed by atoms with Crippen LogP contribution in [0.25, 0.3) is 0 Å². The molecule has 7 nitrogen and oxygen atoms in total. The molecule has 3 fully saturated rings. The number of hydrogen-bond acceptors (Lipinski definition) is 4. The maximum Gasteiger partial charge on any atom is 0.250 e. The number of carbonyl (C=O) groups is 2. The second-order valence-electron chi connectivity index (χ2n) is 8.54. The highest BCUT2D eigenvalue weighted by atomic mass is 16.2. The molecule has 0 radical (unpaired) electrons. The van der Waals surface area contributed by atoms with Gasteiger partial charge in [0.15, 0.2) is 0 Å². The number of nitrogens with one attached hydrogen (secondary N) is 2. The molecule has 0 spiro atoms. The molecular formula is C21H30N4O3. The van der Waals surface area contributed by atoms with Gasteiger partial charge in [-0.25, -0.2) is 0 Å². The summed E-state index contributed by atoms with van der Waals surface area (Å²) in [6, 6.07) is 4.97. The third-order valence-electron chi connectivity index (χ3n) is 6.41. The van der Waals surface area contributed by atoms with Crippen molar-refractivity contribution in [1.29, 1.82) is 0 Å². The minimum absolute atomic E-state index is 0.00947. The van der Waals surface area contributed by atoms with Crippen molar-refractivity contribution in [2.24, 2.45) is 5.92 Å². The van der Waals surface area contributed by atoms with Gasteiger partial charge in [-0.1, -0.05) is 6.07 Å². The lowest BCUT2D eigenvalue weighted by atomic mass is 9.84. The molecule has 2 atom stereocenters. The predicted molar refractivity (Wildman–Crippen MR) is 106 cm³/mol. The van der Waals surface area contributed by atoms with Crippen LogP contribution in [0.2, 0.25) is 0 Å². The number of aromatic nitrogens is 1. The number of aryl methyl sites for hydroxylation is 1. The molecular weight excluding hydrogens is 356 g/mol. The molecule has 152 valence electrons. The summed E-state index contributed by atoms with van der Waals surface area (Å²) in [6.07, 6.45) is 8.13. The van der Waals surface area contributed by atoms with Crippen molar-refractivity contribution in [3.05, 3.63) is 34.7 Å². The fourth-order valence-electron chi connectivity index (χ4n) is 4.66. The van der Waals surface area contributed by atoms with Crippen molar-refractivity contribution in [2.75, 3.05) is 19.6 Å². The van der Waals surface area contributed by atoms with Gasteiger partial charge in [-0.05, 0) is 57.1 Å². The number of amides is 2. The highest BCUT2D eigenvalue weighted by molar-refractivity contribution is 5.87. The van der Waals surface area contributed by atoms with Crippen molar-refractivity contribution in [3.63, 3.8) is 0 Å². The van der Waals surface area contributed by atoms with Gasteiger partial charge in [0.05, 0.1) is 0 Å². The Kier molecular flexibility index (Phi) is 5.53. The summed E-state index contributed by atoms with van der Waals surface area (Å²) in [5, 5.41) is 6.28. The molecule has 2 saturated heterocycles. The Morgan fingerprint density at radius 3 is 2.86 bits per heavy atom. The Balaban J connectivity index is 1.33. The Bertz CT molecular complexity index is 788. The zero-order valence-electron chi connectivity index (χ0n) is 16.4. The quantitative estimate of drug-likeness (QED) is 0.729. The van der Waals surface area contributed by atoms with E-state index in [0.717, 1.165) is 38.9 Å². The van der Waals surface area contributed by atoms with E-state index < -0.39 is 5.54 Å². The average Bonchev–Trinajstić information content (AvgIpc) is 3.44. The van der Waals surface area contributed by atoms with Crippen molar-refractivity contribution in [3.8, 4) is 0 Å². The number of piperidine rings is 1. The van der Waals surface area contributed by atoms with Crippen LogP contribution in [0.5, 0.6) is 0 Å². The number of pyridine rings is 1. The highest BCUT2D eigenvalue weighted by Gasteiger charge is 2.52. The van der Waals surface area contributed by atoms with Gasteiger partial charge in [0, 0.05) is 44.4 Å². The predicted octanol–water partition coefficient (Wildman–Crippen LogP) is 0.878. The largest absolute Gasteiger partial charge is 0.354 e. The summed E-state index contributed by atoms with van der Waals surface area (Å²) in [7, 11) is 0. The van der Waals surface area contributed by atoms with Gasteiger partial charge in [-0.2, -0.15) is 0 Å². The van der Waals surface area contributed by atoms with E-state index in [0.29, 0.717) is 18.9 Å². The molecule has 1 aromatic rings. The Morgan fingerprint density at radius 2 is 2.07 bits per heavy atom. The van der Waals surface area contributed by atoms with Crippen LogP contribution in [0.15, 0.2) is 29.2 Å². The molecule has 3 aliphatic rings. The average molecular weight is 386 g/mol. The van der Waals surface area contributed by atoms with Gasteiger partial charge >= 0.3 is 0 Å². The van der Waals surface area contributed by atoms with E-state index in [1.165, 1.54) is 18.9 Å². The molecule has 0 bridgehead atoms. The first kappa shape index (κ1) is 19.2. The second-order valence-corrected chi connectivity index (χ2v) is 8.54. The van der Waals surface area contributed by atoms with Crippen LogP contribution < -0.4 is 16.2 Å². The van der Waals surface area contributed by atoms with Crippen LogP contribution in [0, 0.1) is 5.92 Å². The lowest BCUT2D eigenvalue weighted by Crippen LogP contribution is -2.57. The van der Waals surface area contributed by atoms with Crippen LogP contribution in [-0.2, 0) is 16.1 Å². The van der Waals surface area contributed by atoms with E-state index in [1.807, 2.05) is 0 Å². The third kappa shape index (κ3) is 4.14. The first-order valence-corrected chi connectivity index (χ1v) is 10.5. The van der Waals surface area contributed by atoms with Gasteiger partial charge in [0.1, 0.15) is 5.54 Å². The van der Waals surface area contributed by atoms with Gasteiger partial charge < -0.3 is 15.2 Å². The van der Waals surface area contributed by atoms with Crippen molar-refractivity contribution in [2.45, 2.75) is 63.1 Å². The fourth-order valence-corrected chi connectivity index (χ4v) is 4.66. The maximum absolute atomic E-state index is 13.0. The molecule has 1 aliphatic carbocycles. The van der Waals surface area contributed by atoms with Crippen molar-refractivity contribution >= 4 is 11.8 Å². The van der Waals surface area contributed by atoms with Crippen molar-refractivity contribution < 1.29 is 9.59 Å². The lowest BCUT2D eigenvalue weighted by Gasteiger charge is -2.40. The molecule has 3 heterocycles. The Labute approximate surface area is 165 Å². The van der Waals surface area contributed by atoms with Crippen LogP contribution in [0.1, 0.15) is 44.9 Å². The normalized spacial score (nSPS) is 27.2. The number of carbonyl (C=O) groups excluding carboxylic acids is 2. The highest BCUT2D eigenvalue weighted by Crippen LogP contribution is 2.38. The molecule has 2 N–H and O–H groups in total. The van der Waals surface area contributed by atoms with E-state index in [1.54, 1.807) is 22.9 Å². The van der Waals surface area contributed by atoms with E-state index in [-0.39, 0.29) is 29.8 Å². The zero-order chi connectivity index (χ0) is 19.6. The van der Waals surface area contributed by atoms with Crippen LogP contribution in [-0.4, -0.2) is 52.5 Å². The monoisotopic (exact) mass is 386 g/mol. The summed E-state index contributed by atoms with van der Waals surface area (Å²) >= 11 is 0. The number of rotatable bonds is 7. The molecule has 0 aromatic carbocycles. The molecule has 2 aliphatic heterocycles.